The molecule has 0 unspecified atom stereocenters. The van der Waals surface area contributed by atoms with Gasteiger partial charge in [-0.25, -0.2) is 13.2 Å². The molecule has 2 heterocycles. The Morgan fingerprint density at radius 3 is 2.52 bits per heavy atom. The molecule has 1 amide bonds. The molecule has 118 valence electrons. The van der Waals surface area contributed by atoms with Gasteiger partial charge in [0.05, 0.1) is 6.42 Å². The monoisotopic (exact) mass is 431 g/mol. The summed E-state index contributed by atoms with van der Waals surface area (Å²) in [4.78, 5) is 35.8. The van der Waals surface area contributed by atoms with Gasteiger partial charge in [0.25, 0.3) is 0 Å². The molecule has 2 fully saturated rings. The summed E-state index contributed by atoms with van der Waals surface area (Å²) in [5, 5.41) is -1.04. The van der Waals surface area contributed by atoms with Crippen LogP contribution in [0.3, 0.4) is 0 Å². The molecular formula is C11H14INO7S. The first-order valence-electron chi connectivity index (χ1n) is 6.07. The van der Waals surface area contributed by atoms with Gasteiger partial charge in [-0.1, -0.05) is 0 Å². The van der Waals surface area contributed by atoms with Crippen LogP contribution in [-0.2, 0) is 33.7 Å². The number of carbonyl (C=O) groups is 3. The Morgan fingerprint density at radius 2 is 2.05 bits per heavy atom. The lowest BCUT2D eigenvalue weighted by molar-refractivity contribution is -0.161. The van der Waals surface area contributed by atoms with Crippen molar-refractivity contribution in [3.8, 4) is 0 Å². The number of amides is 1. The fourth-order valence-electron chi connectivity index (χ4n) is 2.63. The molecule has 2 aliphatic rings. The highest BCUT2D eigenvalue weighted by atomic mass is 127. The number of ether oxygens (including phenoxy) is 2. The molecule has 0 aromatic carbocycles. The number of carbonyl (C=O) groups excluding carboxylic acids is 3. The maximum absolute atomic E-state index is 12.6. The molecule has 0 spiro atoms. The zero-order valence-corrected chi connectivity index (χ0v) is 14.3. The van der Waals surface area contributed by atoms with Gasteiger partial charge in [-0.3, -0.25) is 9.59 Å². The highest BCUT2D eigenvalue weighted by Crippen LogP contribution is 2.46. The summed E-state index contributed by atoms with van der Waals surface area (Å²) in [6, 6.07) is -1.29. The van der Waals surface area contributed by atoms with Crippen molar-refractivity contribution < 1.29 is 32.3 Å². The Balaban J connectivity index is 2.43. The summed E-state index contributed by atoms with van der Waals surface area (Å²) in [6.45, 7) is 1.95. The van der Waals surface area contributed by atoms with Crippen molar-refractivity contribution in [1.82, 2.24) is 4.90 Å². The molecule has 0 aromatic heterocycles. The van der Waals surface area contributed by atoms with Crippen LogP contribution >= 0.6 is 22.6 Å². The number of nitrogens with zero attached hydrogens (tertiary/aromatic N) is 1. The predicted octanol–water partition coefficient (Wildman–Crippen LogP) is -0.401. The van der Waals surface area contributed by atoms with Crippen LogP contribution in [0.25, 0.3) is 0 Å². The Kier molecular flexibility index (Phi) is 4.21. The van der Waals surface area contributed by atoms with Gasteiger partial charge in [-0.05, 0) is 29.5 Å². The third-order valence-corrected chi connectivity index (χ3v) is 6.86. The minimum absolute atomic E-state index is 0.0312. The predicted molar refractivity (Wildman–Crippen MR) is 78.0 cm³/mol. The summed E-state index contributed by atoms with van der Waals surface area (Å²) in [5.41, 5.74) is 0. The normalized spacial score (nSPS) is 33.1. The van der Waals surface area contributed by atoms with E-state index in [1.165, 1.54) is 6.92 Å². The van der Waals surface area contributed by atoms with Crippen LogP contribution < -0.4 is 0 Å². The lowest BCUT2D eigenvalue weighted by Gasteiger charge is -2.36. The van der Waals surface area contributed by atoms with E-state index in [1.54, 1.807) is 22.6 Å². The molecule has 0 aromatic rings. The van der Waals surface area contributed by atoms with Gasteiger partial charge in [0.15, 0.2) is 15.9 Å². The van der Waals surface area contributed by atoms with Crippen molar-refractivity contribution >= 4 is 50.3 Å². The largest absolute Gasteiger partial charge is 0.464 e. The second-order valence-electron chi connectivity index (χ2n) is 5.07. The topological polar surface area (TPSA) is 107 Å². The van der Waals surface area contributed by atoms with Crippen molar-refractivity contribution in [2.24, 2.45) is 0 Å². The second-order valence-corrected chi connectivity index (χ2v) is 8.26. The maximum Gasteiger partial charge on any atom is 0.331 e. The number of hydrogen-bond donors (Lipinski definition) is 0. The van der Waals surface area contributed by atoms with Crippen LogP contribution in [0.15, 0.2) is 0 Å². The summed E-state index contributed by atoms with van der Waals surface area (Å²) in [7, 11) is -3.84. The average Bonchev–Trinajstić information content (AvgIpc) is 2.51. The number of esters is 2. The van der Waals surface area contributed by atoms with Gasteiger partial charge in [0.2, 0.25) is 5.91 Å². The number of sulfone groups is 1. The van der Waals surface area contributed by atoms with Crippen LogP contribution in [0.1, 0.15) is 20.3 Å². The maximum atomic E-state index is 12.6. The minimum atomic E-state index is -3.84. The first kappa shape index (κ1) is 16.5. The fourth-order valence-corrected chi connectivity index (χ4v) is 5.21. The second kappa shape index (κ2) is 5.38. The summed E-state index contributed by atoms with van der Waals surface area (Å²) >= 11 is 1.80. The van der Waals surface area contributed by atoms with Gasteiger partial charge in [-0.2, -0.15) is 0 Å². The standard InChI is InChI=1S/C11H14INO7S/c1-6(14)19-4-11(2)9(10(16)20-5-12)13-7(15)3-8(13)21(11,17)18/h8-9H,3-5H2,1-2H3/t8-,9+,11+/m1/s1. The molecule has 0 bridgehead atoms. The Labute approximate surface area is 135 Å². The van der Waals surface area contributed by atoms with E-state index in [2.05, 4.69) is 0 Å². The number of β-lactam (4-membered cyclic amide) rings is 1. The summed E-state index contributed by atoms with van der Waals surface area (Å²) < 4.78 is 33.1. The van der Waals surface area contributed by atoms with Crippen molar-refractivity contribution in [1.29, 1.82) is 0 Å². The quantitative estimate of drug-likeness (QED) is 0.258. The number of hydrogen-bond acceptors (Lipinski definition) is 7. The number of rotatable bonds is 4. The van der Waals surface area contributed by atoms with Gasteiger partial charge in [-0.15, -0.1) is 0 Å². The Hall–Kier alpha value is -0.910. The van der Waals surface area contributed by atoms with Gasteiger partial charge in [0.1, 0.15) is 21.3 Å². The molecule has 0 N–H and O–H groups in total. The SMILES string of the molecule is CC(=O)OC[C@@]1(C)[C@H](C(=O)OCI)N2C(=O)C[C@H]2S1(=O)=O. The van der Waals surface area contributed by atoms with E-state index >= 15 is 0 Å². The molecule has 2 rings (SSSR count). The van der Waals surface area contributed by atoms with Gasteiger partial charge >= 0.3 is 11.9 Å². The summed E-state index contributed by atoms with van der Waals surface area (Å²) in [5.74, 6) is -1.89. The molecular weight excluding hydrogens is 417 g/mol. The molecule has 21 heavy (non-hydrogen) atoms. The average molecular weight is 431 g/mol. The Morgan fingerprint density at radius 1 is 1.43 bits per heavy atom. The van der Waals surface area contributed by atoms with Crippen molar-refractivity contribution in [2.45, 2.75) is 36.4 Å². The molecule has 0 aliphatic carbocycles. The van der Waals surface area contributed by atoms with E-state index < -0.39 is 50.5 Å². The Bertz CT molecular complexity index is 604. The van der Waals surface area contributed by atoms with E-state index in [4.69, 9.17) is 9.47 Å². The van der Waals surface area contributed by atoms with Crippen molar-refractivity contribution in [2.75, 3.05) is 11.2 Å². The lowest BCUT2D eigenvalue weighted by Crippen LogP contribution is -2.58. The van der Waals surface area contributed by atoms with Crippen LogP contribution in [0, 0.1) is 0 Å². The smallest absolute Gasteiger partial charge is 0.331 e. The minimum Gasteiger partial charge on any atom is -0.464 e. The van der Waals surface area contributed by atoms with Crippen LogP contribution in [-0.4, -0.2) is 58.5 Å². The van der Waals surface area contributed by atoms with Gasteiger partial charge < -0.3 is 14.4 Å². The van der Waals surface area contributed by atoms with E-state index in [1.807, 2.05) is 0 Å². The molecule has 10 heteroatoms. The number of halogens is 1. The zero-order chi connectivity index (χ0) is 16.0. The van der Waals surface area contributed by atoms with Crippen molar-refractivity contribution in [3.05, 3.63) is 0 Å². The van der Waals surface area contributed by atoms with E-state index in [9.17, 15) is 22.8 Å². The highest BCUT2D eigenvalue weighted by Gasteiger charge is 2.70. The van der Waals surface area contributed by atoms with Crippen LogP contribution in [0.5, 0.6) is 0 Å². The highest BCUT2D eigenvalue weighted by molar-refractivity contribution is 14.1. The zero-order valence-electron chi connectivity index (χ0n) is 11.4. The van der Waals surface area contributed by atoms with E-state index in [0.29, 0.717) is 0 Å². The molecule has 2 aliphatic heterocycles. The first-order valence-corrected chi connectivity index (χ1v) is 9.14. The van der Waals surface area contributed by atoms with Crippen molar-refractivity contribution in [3.63, 3.8) is 0 Å². The molecule has 2 saturated heterocycles. The van der Waals surface area contributed by atoms with Crippen LogP contribution in [0.2, 0.25) is 0 Å². The lowest BCUT2D eigenvalue weighted by atomic mass is 9.97. The molecule has 0 radical (unpaired) electrons. The van der Waals surface area contributed by atoms with Gasteiger partial charge in [0, 0.05) is 6.92 Å². The molecule has 0 saturated carbocycles. The summed E-state index contributed by atoms with van der Waals surface area (Å²) in [6.07, 6.45) is -0.161. The van der Waals surface area contributed by atoms with E-state index in [0.717, 1.165) is 11.8 Å². The number of fused-ring (bicyclic) bond motifs is 1. The third-order valence-electron chi connectivity index (χ3n) is 3.79. The van der Waals surface area contributed by atoms with Crippen LogP contribution in [0.4, 0.5) is 0 Å². The first-order chi connectivity index (χ1) is 9.66. The molecule has 8 nitrogen and oxygen atoms in total. The molecule has 3 atom stereocenters. The fraction of sp³-hybridized carbons (Fsp3) is 0.727. The van der Waals surface area contributed by atoms with E-state index in [-0.39, 0.29) is 11.0 Å². The number of alkyl halides is 1. The third kappa shape index (κ3) is 2.31.